The molecule has 0 aromatic rings. The van der Waals surface area contributed by atoms with Crippen molar-refractivity contribution in [2.45, 2.75) is 51.1 Å². The number of carbonyl (C=O) groups is 1. The minimum absolute atomic E-state index is 0.251. The van der Waals surface area contributed by atoms with E-state index in [0.717, 1.165) is 26.1 Å². The number of hydrogen-bond acceptors (Lipinski definition) is 3. The van der Waals surface area contributed by atoms with Gasteiger partial charge < -0.3 is 9.64 Å². The Morgan fingerprint density at radius 2 is 1.94 bits per heavy atom. The molecule has 2 rings (SSSR count). The van der Waals surface area contributed by atoms with Crippen molar-refractivity contribution in [3.05, 3.63) is 0 Å². The number of nitrogens with zero attached hydrogens (tertiary/aromatic N) is 2. The topological polar surface area (TPSA) is 32.8 Å². The van der Waals surface area contributed by atoms with Crippen LogP contribution in [-0.2, 0) is 9.53 Å². The lowest BCUT2D eigenvalue weighted by Gasteiger charge is -2.34. The van der Waals surface area contributed by atoms with E-state index in [4.69, 9.17) is 4.74 Å². The standard InChI is InChI=1S/C14H26N2O2/c1-12(17)16-10-4-7-14(16)13-6-3-8-15(13)9-5-11-18-2/h13-14H,3-11H2,1-2H3/t13-,14+/m0/s1. The Labute approximate surface area is 110 Å². The number of amides is 1. The highest BCUT2D eigenvalue weighted by atomic mass is 16.5. The zero-order valence-corrected chi connectivity index (χ0v) is 11.7. The van der Waals surface area contributed by atoms with Gasteiger partial charge in [0.05, 0.1) is 0 Å². The Morgan fingerprint density at radius 1 is 1.22 bits per heavy atom. The highest BCUT2D eigenvalue weighted by molar-refractivity contribution is 5.74. The van der Waals surface area contributed by atoms with E-state index in [9.17, 15) is 4.79 Å². The number of hydrogen-bond donors (Lipinski definition) is 0. The highest BCUT2D eigenvalue weighted by Gasteiger charge is 2.38. The van der Waals surface area contributed by atoms with E-state index in [1.165, 1.54) is 32.2 Å². The van der Waals surface area contributed by atoms with E-state index < -0.39 is 0 Å². The van der Waals surface area contributed by atoms with E-state index in [1.807, 2.05) is 0 Å². The van der Waals surface area contributed by atoms with E-state index in [1.54, 1.807) is 14.0 Å². The quantitative estimate of drug-likeness (QED) is 0.697. The molecule has 4 nitrogen and oxygen atoms in total. The van der Waals surface area contributed by atoms with Crippen LogP contribution in [-0.4, -0.2) is 61.1 Å². The Kier molecular flexibility index (Phi) is 5.01. The molecule has 2 aliphatic rings. The summed E-state index contributed by atoms with van der Waals surface area (Å²) < 4.78 is 5.13. The maximum Gasteiger partial charge on any atom is 0.219 e. The second kappa shape index (κ2) is 6.53. The maximum absolute atomic E-state index is 11.7. The van der Waals surface area contributed by atoms with Crippen molar-refractivity contribution in [2.24, 2.45) is 0 Å². The predicted molar refractivity (Wildman–Crippen MR) is 71.5 cm³/mol. The largest absolute Gasteiger partial charge is 0.385 e. The molecule has 0 aliphatic carbocycles. The summed E-state index contributed by atoms with van der Waals surface area (Å²) >= 11 is 0. The van der Waals surface area contributed by atoms with Crippen LogP contribution < -0.4 is 0 Å². The van der Waals surface area contributed by atoms with Gasteiger partial charge in [0.25, 0.3) is 0 Å². The SMILES string of the molecule is COCCCN1CCC[C@H]1[C@H]1CCCN1C(C)=O. The Balaban J connectivity index is 1.91. The fraction of sp³-hybridized carbons (Fsp3) is 0.929. The lowest BCUT2D eigenvalue weighted by Crippen LogP contribution is -2.48. The molecule has 18 heavy (non-hydrogen) atoms. The Bertz CT molecular complexity index is 283. The minimum Gasteiger partial charge on any atom is -0.385 e. The summed E-state index contributed by atoms with van der Waals surface area (Å²) in [6, 6.07) is 1.06. The first-order valence-corrected chi connectivity index (χ1v) is 7.24. The third kappa shape index (κ3) is 3.04. The number of ether oxygens (including phenoxy) is 1. The third-order valence-corrected chi connectivity index (χ3v) is 4.36. The summed E-state index contributed by atoms with van der Waals surface area (Å²) in [5.74, 6) is 0.251. The van der Waals surface area contributed by atoms with Gasteiger partial charge in [0, 0.05) is 45.8 Å². The van der Waals surface area contributed by atoms with Crippen molar-refractivity contribution in [2.75, 3.05) is 33.4 Å². The molecule has 0 aromatic carbocycles. The first-order valence-electron chi connectivity index (χ1n) is 7.24. The smallest absolute Gasteiger partial charge is 0.219 e. The van der Waals surface area contributed by atoms with Crippen LogP contribution in [0.5, 0.6) is 0 Å². The molecule has 2 heterocycles. The molecule has 2 aliphatic heterocycles. The molecule has 2 fully saturated rings. The third-order valence-electron chi connectivity index (χ3n) is 4.36. The van der Waals surface area contributed by atoms with E-state index >= 15 is 0 Å². The summed E-state index contributed by atoms with van der Waals surface area (Å²) in [7, 11) is 1.76. The van der Waals surface area contributed by atoms with Crippen LogP contribution in [0.3, 0.4) is 0 Å². The van der Waals surface area contributed by atoms with Gasteiger partial charge in [-0.2, -0.15) is 0 Å². The van der Waals surface area contributed by atoms with Gasteiger partial charge in [-0.25, -0.2) is 0 Å². The summed E-state index contributed by atoms with van der Waals surface area (Å²) in [5, 5.41) is 0. The van der Waals surface area contributed by atoms with Gasteiger partial charge in [-0.05, 0) is 38.6 Å². The van der Waals surface area contributed by atoms with Gasteiger partial charge in [-0.15, -0.1) is 0 Å². The summed E-state index contributed by atoms with van der Waals surface area (Å²) in [6.45, 7) is 5.81. The number of carbonyl (C=O) groups excluding carboxylic acids is 1. The van der Waals surface area contributed by atoms with Crippen LogP contribution in [0, 0.1) is 0 Å². The van der Waals surface area contributed by atoms with Crippen molar-refractivity contribution in [1.29, 1.82) is 0 Å². The normalized spacial score (nSPS) is 29.1. The lowest BCUT2D eigenvalue weighted by molar-refractivity contribution is -0.130. The molecule has 0 spiro atoms. The average Bonchev–Trinajstić information content (AvgIpc) is 2.96. The van der Waals surface area contributed by atoms with E-state index in [2.05, 4.69) is 9.80 Å². The second-order valence-electron chi connectivity index (χ2n) is 5.51. The van der Waals surface area contributed by atoms with Crippen LogP contribution in [0.25, 0.3) is 0 Å². The van der Waals surface area contributed by atoms with Gasteiger partial charge in [-0.3, -0.25) is 9.69 Å². The molecule has 0 bridgehead atoms. The van der Waals surface area contributed by atoms with Crippen LogP contribution in [0.4, 0.5) is 0 Å². The maximum atomic E-state index is 11.7. The fourth-order valence-corrected chi connectivity index (χ4v) is 3.56. The van der Waals surface area contributed by atoms with Gasteiger partial charge in [0.2, 0.25) is 5.91 Å². The van der Waals surface area contributed by atoms with Crippen molar-refractivity contribution in [3.63, 3.8) is 0 Å². The molecule has 0 aromatic heterocycles. The minimum atomic E-state index is 0.251. The molecule has 4 heteroatoms. The van der Waals surface area contributed by atoms with Gasteiger partial charge in [0.15, 0.2) is 0 Å². The molecule has 2 atom stereocenters. The number of methoxy groups -OCH3 is 1. The summed E-state index contributed by atoms with van der Waals surface area (Å²) in [6.07, 6.45) is 5.98. The molecular weight excluding hydrogens is 228 g/mol. The molecule has 2 saturated heterocycles. The van der Waals surface area contributed by atoms with Crippen molar-refractivity contribution < 1.29 is 9.53 Å². The zero-order valence-electron chi connectivity index (χ0n) is 11.7. The first-order chi connectivity index (χ1) is 8.74. The molecule has 0 radical (unpaired) electrons. The molecule has 0 N–H and O–H groups in total. The van der Waals surface area contributed by atoms with Crippen molar-refractivity contribution in [1.82, 2.24) is 9.80 Å². The van der Waals surface area contributed by atoms with Crippen molar-refractivity contribution >= 4 is 5.91 Å². The Hall–Kier alpha value is -0.610. The second-order valence-corrected chi connectivity index (χ2v) is 5.51. The number of likely N-dealkylation sites (tertiary alicyclic amines) is 2. The summed E-state index contributed by atoms with van der Waals surface area (Å²) in [4.78, 5) is 16.3. The van der Waals surface area contributed by atoms with Gasteiger partial charge in [0.1, 0.15) is 0 Å². The molecule has 0 saturated carbocycles. The Morgan fingerprint density at radius 3 is 2.67 bits per heavy atom. The van der Waals surface area contributed by atoms with Gasteiger partial charge in [-0.1, -0.05) is 0 Å². The van der Waals surface area contributed by atoms with Crippen molar-refractivity contribution in [3.8, 4) is 0 Å². The van der Waals surface area contributed by atoms with Crippen LogP contribution in [0.1, 0.15) is 39.0 Å². The highest BCUT2D eigenvalue weighted by Crippen LogP contribution is 2.30. The molecule has 104 valence electrons. The predicted octanol–water partition coefficient (Wildman–Crippen LogP) is 1.50. The fourth-order valence-electron chi connectivity index (χ4n) is 3.56. The number of rotatable bonds is 5. The monoisotopic (exact) mass is 254 g/mol. The molecule has 1 amide bonds. The zero-order chi connectivity index (χ0) is 13.0. The lowest BCUT2D eigenvalue weighted by atomic mass is 10.0. The van der Waals surface area contributed by atoms with Gasteiger partial charge >= 0.3 is 0 Å². The van der Waals surface area contributed by atoms with E-state index in [0.29, 0.717) is 12.1 Å². The van der Waals surface area contributed by atoms with E-state index in [-0.39, 0.29) is 5.91 Å². The first kappa shape index (κ1) is 13.8. The molecular formula is C14H26N2O2. The van der Waals surface area contributed by atoms with Crippen LogP contribution >= 0.6 is 0 Å². The average molecular weight is 254 g/mol. The summed E-state index contributed by atoms with van der Waals surface area (Å²) in [5.41, 5.74) is 0. The van der Waals surface area contributed by atoms with Crippen LogP contribution in [0.15, 0.2) is 0 Å². The van der Waals surface area contributed by atoms with Crippen LogP contribution in [0.2, 0.25) is 0 Å². The molecule has 0 unspecified atom stereocenters.